The first-order chi connectivity index (χ1) is 15.1. The molecule has 7 nitrogen and oxygen atoms in total. The zero-order valence-corrected chi connectivity index (χ0v) is 17.3. The zero-order valence-electron chi connectivity index (χ0n) is 16.6. The molecule has 0 unspecified atom stereocenters. The van der Waals surface area contributed by atoms with Gasteiger partial charge in [0.05, 0.1) is 17.0 Å². The number of nitrogens with one attached hydrogen (secondary N) is 1. The molecular formula is C23H20ClN5O2. The van der Waals surface area contributed by atoms with E-state index < -0.39 is 5.91 Å². The molecule has 156 valence electrons. The number of aromatic nitrogens is 4. The Morgan fingerprint density at radius 1 is 1.00 bits per heavy atom. The van der Waals surface area contributed by atoms with Crippen LogP contribution in [0.1, 0.15) is 32.9 Å². The quantitative estimate of drug-likeness (QED) is 0.434. The third kappa shape index (κ3) is 5.26. The third-order valence-corrected chi connectivity index (χ3v) is 4.97. The van der Waals surface area contributed by atoms with Gasteiger partial charge in [-0.25, -0.2) is 9.97 Å². The van der Waals surface area contributed by atoms with Crippen molar-refractivity contribution in [3.05, 3.63) is 100 Å². The molecule has 0 radical (unpaired) electrons. The lowest BCUT2D eigenvalue weighted by atomic mass is 10.0. The lowest BCUT2D eigenvalue weighted by Gasteiger charge is -2.06. The molecule has 0 spiro atoms. The number of halogens is 1. The number of rotatable bonds is 8. The smallest absolute Gasteiger partial charge is 0.321 e. The van der Waals surface area contributed by atoms with Crippen LogP contribution in [0, 0.1) is 0 Å². The van der Waals surface area contributed by atoms with Gasteiger partial charge in [-0.15, -0.1) is 0 Å². The van der Waals surface area contributed by atoms with E-state index in [2.05, 4.69) is 20.2 Å². The van der Waals surface area contributed by atoms with Crippen molar-refractivity contribution in [3.63, 3.8) is 0 Å². The van der Waals surface area contributed by atoms with Gasteiger partial charge >= 0.3 is 6.01 Å². The Morgan fingerprint density at radius 3 is 2.55 bits per heavy atom. The first kappa shape index (κ1) is 20.6. The summed E-state index contributed by atoms with van der Waals surface area (Å²) in [5.74, 6) is 0.140. The standard InChI is InChI=1S/C23H20ClN5O2/c24-17-6-1-5-16(12-17)14-20-21(22(25)30)19(28-29-20)9-8-15-4-2-7-18(13-15)31-23-26-10-3-11-27-23/h1-7,10-13H,8-9,14H2,(H2,25,30)(H,28,29). The highest BCUT2D eigenvalue weighted by Gasteiger charge is 2.18. The Kier molecular flexibility index (Phi) is 6.24. The Bertz CT molecular complexity index is 1190. The number of carbonyl (C=O) groups excluding carboxylic acids is 1. The van der Waals surface area contributed by atoms with Crippen LogP contribution in [0.25, 0.3) is 0 Å². The van der Waals surface area contributed by atoms with E-state index in [9.17, 15) is 4.79 Å². The maximum absolute atomic E-state index is 12.1. The minimum Gasteiger partial charge on any atom is -0.424 e. The van der Waals surface area contributed by atoms with Gasteiger partial charge in [0.15, 0.2) is 0 Å². The first-order valence-electron chi connectivity index (χ1n) is 9.72. The van der Waals surface area contributed by atoms with Gasteiger partial charge in [-0.1, -0.05) is 35.9 Å². The van der Waals surface area contributed by atoms with Crippen LogP contribution in [0.3, 0.4) is 0 Å². The van der Waals surface area contributed by atoms with Crippen LogP contribution in [0.15, 0.2) is 67.0 Å². The number of ether oxygens (including phenoxy) is 1. The van der Waals surface area contributed by atoms with Crippen molar-refractivity contribution in [2.45, 2.75) is 19.3 Å². The van der Waals surface area contributed by atoms with E-state index in [-0.39, 0.29) is 6.01 Å². The second-order valence-corrected chi connectivity index (χ2v) is 7.41. The number of aromatic amines is 1. The van der Waals surface area contributed by atoms with E-state index >= 15 is 0 Å². The van der Waals surface area contributed by atoms with Crippen LogP contribution in [0.4, 0.5) is 0 Å². The van der Waals surface area contributed by atoms with Gasteiger partial charge in [-0.05, 0) is 54.3 Å². The molecule has 2 aromatic heterocycles. The summed E-state index contributed by atoms with van der Waals surface area (Å²) >= 11 is 6.06. The van der Waals surface area contributed by atoms with Crippen LogP contribution in [0.5, 0.6) is 11.8 Å². The fraction of sp³-hybridized carbons (Fsp3) is 0.130. The van der Waals surface area contributed by atoms with E-state index in [0.717, 1.165) is 11.1 Å². The molecule has 2 heterocycles. The molecule has 2 aromatic carbocycles. The Hall–Kier alpha value is -3.71. The second kappa shape index (κ2) is 9.40. The summed E-state index contributed by atoms with van der Waals surface area (Å²) < 4.78 is 5.68. The van der Waals surface area contributed by atoms with Crippen molar-refractivity contribution in [1.82, 2.24) is 20.2 Å². The number of benzene rings is 2. The summed E-state index contributed by atoms with van der Waals surface area (Å²) in [7, 11) is 0. The van der Waals surface area contributed by atoms with Crippen LogP contribution in [-0.4, -0.2) is 26.1 Å². The summed E-state index contributed by atoms with van der Waals surface area (Å²) in [6.45, 7) is 0. The van der Waals surface area contributed by atoms with Crippen LogP contribution < -0.4 is 10.5 Å². The van der Waals surface area contributed by atoms with Crippen molar-refractivity contribution in [2.24, 2.45) is 5.73 Å². The van der Waals surface area contributed by atoms with Gasteiger partial charge in [0, 0.05) is 23.8 Å². The lowest BCUT2D eigenvalue weighted by Crippen LogP contribution is -2.15. The molecule has 4 aromatic rings. The maximum Gasteiger partial charge on any atom is 0.321 e. The van der Waals surface area contributed by atoms with Gasteiger partial charge in [0.2, 0.25) is 0 Å². The highest BCUT2D eigenvalue weighted by atomic mass is 35.5. The monoisotopic (exact) mass is 433 g/mol. The Balaban J connectivity index is 1.48. The lowest BCUT2D eigenvalue weighted by molar-refractivity contribution is 0.0998. The minimum atomic E-state index is -0.501. The number of nitrogens with two attached hydrogens (primary N) is 1. The summed E-state index contributed by atoms with van der Waals surface area (Å²) in [6, 6.07) is 17.1. The van der Waals surface area contributed by atoms with Crippen LogP contribution >= 0.6 is 11.6 Å². The zero-order chi connectivity index (χ0) is 21.6. The summed E-state index contributed by atoms with van der Waals surface area (Å²) in [6.07, 6.45) is 4.95. The summed E-state index contributed by atoms with van der Waals surface area (Å²) in [5.41, 5.74) is 9.42. The first-order valence-corrected chi connectivity index (χ1v) is 10.1. The normalized spacial score (nSPS) is 10.7. The average Bonchev–Trinajstić information content (AvgIpc) is 3.16. The molecule has 0 aliphatic carbocycles. The van der Waals surface area contributed by atoms with Crippen molar-refractivity contribution < 1.29 is 9.53 Å². The molecule has 0 bridgehead atoms. The molecule has 0 saturated heterocycles. The number of amides is 1. The minimum absolute atomic E-state index is 0.286. The topological polar surface area (TPSA) is 107 Å². The largest absolute Gasteiger partial charge is 0.424 e. The number of hydrogen-bond donors (Lipinski definition) is 2. The van der Waals surface area contributed by atoms with Crippen LogP contribution in [-0.2, 0) is 19.3 Å². The van der Waals surface area contributed by atoms with Crippen molar-refractivity contribution in [3.8, 4) is 11.8 Å². The highest BCUT2D eigenvalue weighted by molar-refractivity contribution is 6.30. The van der Waals surface area contributed by atoms with Crippen molar-refractivity contribution in [1.29, 1.82) is 0 Å². The molecule has 8 heteroatoms. The van der Waals surface area contributed by atoms with Gasteiger partial charge in [0.1, 0.15) is 5.75 Å². The molecule has 0 aliphatic heterocycles. The van der Waals surface area contributed by atoms with E-state index in [1.165, 1.54) is 0 Å². The molecule has 31 heavy (non-hydrogen) atoms. The molecule has 0 saturated carbocycles. The molecule has 3 N–H and O–H groups in total. The number of primary amides is 1. The Morgan fingerprint density at radius 2 is 1.77 bits per heavy atom. The number of H-pyrrole nitrogens is 1. The predicted octanol–water partition coefficient (Wildman–Crippen LogP) is 4.12. The SMILES string of the molecule is NC(=O)c1c(CCc2cccc(Oc3ncccn3)c2)n[nH]c1Cc1cccc(Cl)c1. The fourth-order valence-corrected chi connectivity index (χ4v) is 3.56. The number of carbonyl (C=O) groups is 1. The summed E-state index contributed by atoms with van der Waals surface area (Å²) in [4.78, 5) is 20.3. The fourth-order valence-electron chi connectivity index (χ4n) is 3.34. The average molecular weight is 434 g/mol. The van der Waals surface area contributed by atoms with Crippen molar-refractivity contribution >= 4 is 17.5 Å². The number of nitrogens with zero attached hydrogens (tertiary/aromatic N) is 3. The molecule has 4 rings (SSSR count). The highest BCUT2D eigenvalue weighted by Crippen LogP contribution is 2.22. The van der Waals surface area contributed by atoms with Crippen LogP contribution in [0.2, 0.25) is 5.02 Å². The van der Waals surface area contributed by atoms with Crippen molar-refractivity contribution in [2.75, 3.05) is 0 Å². The molecule has 0 aliphatic rings. The number of hydrogen-bond acceptors (Lipinski definition) is 5. The molecule has 0 fully saturated rings. The van der Waals surface area contributed by atoms with E-state index in [1.54, 1.807) is 24.5 Å². The third-order valence-electron chi connectivity index (χ3n) is 4.73. The number of aryl methyl sites for hydroxylation is 2. The molecule has 0 atom stereocenters. The van der Waals surface area contributed by atoms with E-state index in [1.807, 2.05) is 42.5 Å². The second-order valence-electron chi connectivity index (χ2n) is 6.98. The van der Waals surface area contributed by atoms with Gasteiger partial charge in [-0.2, -0.15) is 5.10 Å². The summed E-state index contributed by atoms with van der Waals surface area (Å²) in [5, 5.41) is 7.96. The molecular weight excluding hydrogens is 414 g/mol. The van der Waals surface area contributed by atoms with Gasteiger partial charge in [0.25, 0.3) is 5.91 Å². The van der Waals surface area contributed by atoms with Gasteiger partial charge in [-0.3, -0.25) is 9.89 Å². The predicted molar refractivity (Wildman–Crippen MR) is 117 cm³/mol. The van der Waals surface area contributed by atoms with Gasteiger partial charge < -0.3 is 10.5 Å². The van der Waals surface area contributed by atoms with E-state index in [4.69, 9.17) is 22.1 Å². The molecule has 1 amide bonds. The van der Waals surface area contributed by atoms with E-state index in [0.29, 0.717) is 47.0 Å². The maximum atomic E-state index is 12.1. The Labute approximate surface area is 184 Å².